The smallest absolute Gasteiger partial charge is 0.226 e. The van der Waals surface area contributed by atoms with Crippen LogP contribution in [0.2, 0.25) is 0 Å². The molecule has 0 unspecified atom stereocenters. The summed E-state index contributed by atoms with van der Waals surface area (Å²) in [5, 5.41) is 0. The number of Topliss-reactive ketones (excluding diaryl/α,β-unsaturated/α-hetero) is 4. The maximum Gasteiger partial charge on any atom is 0.226 e. The van der Waals surface area contributed by atoms with E-state index in [1.54, 1.807) is 91.4 Å². The van der Waals surface area contributed by atoms with Gasteiger partial charge in [-0.2, -0.15) is 18.2 Å². The van der Waals surface area contributed by atoms with Crippen LogP contribution in [0.5, 0.6) is 0 Å². The number of rotatable bonds is 32. The van der Waals surface area contributed by atoms with Crippen molar-refractivity contribution >= 4 is 69.5 Å². The van der Waals surface area contributed by atoms with Gasteiger partial charge in [0, 0.05) is 153 Å². The van der Waals surface area contributed by atoms with Crippen LogP contribution in [0.15, 0.2) is 243 Å². The molecule has 124 heavy (non-hydrogen) atoms. The first-order valence-electron chi connectivity index (χ1n) is 42.0. The summed E-state index contributed by atoms with van der Waals surface area (Å²) in [6.45, 7) is 15.5. The van der Waals surface area contributed by atoms with Crippen LogP contribution in [0.25, 0.3) is 44.5 Å². The largest absolute Gasteiger partial charge is 0.316 e. The number of benzene rings is 8. The summed E-state index contributed by atoms with van der Waals surface area (Å²) >= 11 is 0. The summed E-state index contributed by atoms with van der Waals surface area (Å²) in [7, 11) is 6.95. The predicted molar refractivity (Wildman–Crippen MR) is 487 cm³/mol. The van der Waals surface area contributed by atoms with Gasteiger partial charge in [-0.25, -0.2) is 9.37 Å². The summed E-state index contributed by atoms with van der Waals surface area (Å²) < 4.78 is 54.3. The molecule has 640 valence electrons. The van der Waals surface area contributed by atoms with Crippen LogP contribution in [0.3, 0.4) is 0 Å². The Morgan fingerprint density at radius 3 is 0.903 bits per heavy atom. The van der Waals surface area contributed by atoms with Crippen molar-refractivity contribution in [1.82, 2.24) is 19.9 Å². The van der Waals surface area contributed by atoms with Gasteiger partial charge in [0.1, 0.15) is 5.82 Å². The third kappa shape index (κ3) is 27.1. The second-order valence-corrected chi connectivity index (χ2v) is 30.5. The molecular weight excluding hydrogens is 1570 g/mol. The molecule has 12 aromatic rings. The summed E-state index contributed by atoms with van der Waals surface area (Å²) in [6, 6.07) is 71.2. The minimum atomic E-state index is -0.881. The lowest BCUT2D eigenvalue weighted by Crippen LogP contribution is -2.26. The molecule has 0 fully saturated rings. The van der Waals surface area contributed by atoms with Crippen molar-refractivity contribution < 1.29 is 55.9 Å². The van der Waals surface area contributed by atoms with Crippen molar-refractivity contribution in [1.29, 1.82) is 0 Å². The number of pyridine rings is 4. The fourth-order valence-electron chi connectivity index (χ4n) is 13.9. The lowest BCUT2D eigenvalue weighted by Gasteiger charge is -2.18. The summed E-state index contributed by atoms with van der Waals surface area (Å²) in [4.78, 5) is 120. The Balaban J connectivity index is 0.000000187. The van der Waals surface area contributed by atoms with Crippen molar-refractivity contribution in [2.24, 2.45) is 0 Å². The molecule has 0 saturated heterocycles. The van der Waals surface area contributed by atoms with Crippen LogP contribution in [0.1, 0.15) is 191 Å². The molecule has 0 saturated carbocycles. The lowest BCUT2D eigenvalue weighted by molar-refractivity contribution is -0.119. The van der Waals surface area contributed by atoms with Gasteiger partial charge in [-0.15, -0.1) is 0 Å². The van der Waals surface area contributed by atoms with E-state index in [0.29, 0.717) is 92.2 Å². The number of aromatic nitrogens is 4. The van der Waals surface area contributed by atoms with Gasteiger partial charge in [0.25, 0.3) is 0 Å². The van der Waals surface area contributed by atoms with Crippen molar-refractivity contribution in [2.75, 3.05) is 47.8 Å². The Labute approximate surface area is 725 Å². The van der Waals surface area contributed by atoms with Gasteiger partial charge in [0.2, 0.25) is 41.5 Å². The Bertz CT molecular complexity index is 5240. The average molecular weight is 1670 g/mol. The average Bonchev–Trinajstić information content (AvgIpc) is 0.819. The van der Waals surface area contributed by atoms with E-state index in [1.165, 1.54) is 23.1 Å². The Morgan fingerprint density at radius 1 is 0.290 bits per heavy atom. The number of aryl methyl sites for hydroxylation is 8. The fraction of sp³-hybridized carbons (Fsp3) is 0.269. The quantitative estimate of drug-likeness (QED) is 0.0220. The minimum absolute atomic E-state index is 0.0432. The first kappa shape index (κ1) is 94.5. The van der Waals surface area contributed by atoms with Crippen molar-refractivity contribution in [3.8, 4) is 44.5 Å². The van der Waals surface area contributed by atoms with Crippen molar-refractivity contribution in [3.63, 3.8) is 0 Å². The van der Waals surface area contributed by atoms with Crippen molar-refractivity contribution in [3.05, 3.63) is 334 Å². The molecule has 0 spiro atoms. The molecular formula is C104H108F4N8O8. The standard InChI is InChI=1S/C27H30N2O2.2C26H27FN2O2.C25H24F2N2O2/c1-5-6-27(31)29(4)25-16-13-23(14-17-25)22-9-11-24(12-10-22)26(30)18-15-21-8-7-19(2)28-20(21)3;1-4-6-26(31)29(3)24-14-12-22(17-23(24)27)20-8-10-21(11-9-20)25(30)15-13-19-7-5-16-28-18(19)2;1-4-5-26(31)29(3)23-14-10-21(11-15-23)20-6-8-22(9-7-20)24(30)16-12-19-13-17-25(27)28-18(19)2;1-3-4-24(31)29(2)21-13-9-18(10-14-21)17-5-7-19(8-6-17)22(30)15-11-20-12-16-23(26)28-25(20)27/h7-14,16-17H,5-6,15,18H2,1-4H3;5,7-12,14,16-17H,4,6,13,15H2,1-3H3;6-11,13-15,17H,4-5,12,16H2,1-3H3;5-10,12-14,16H,3-4,11,15H2,1-2H3. The van der Waals surface area contributed by atoms with Crippen LogP contribution in [-0.4, -0.2) is 94.9 Å². The first-order chi connectivity index (χ1) is 59.6. The topological polar surface area (TPSA) is 201 Å². The van der Waals surface area contributed by atoms with Gasteiger partial charge in [-0.05, 0) is 219 Å². The summed E-state index contributed by atoms with van der Waals surface area (Å²) in [6.07, 6.45) is 10.3. The molecule has 0 aliphatic rings. The zero-order valence-electron chi connectivity index (χ0n) is 72.8. The van der Waals surface area contributed by atoms with Gasteiger partial charge in [0.15, 0.2) is 23.1 Å². The molecule has 16 nitrogen and oxygen atoms in total. The van der Waals surface area contributed by atoms with Gasteiger partial charge in [-0.3, -0.25) is 48.3 Å². The van der Waals surface area contributed by atoms with Gasteiger partial charge in [0.05, 0.1) is 5.69 Å². The van der Waals surface area contributed by atoms with Crippen LogP contribution >= 0.6 is 0 Å². The molecule has 0 bridgehead atoms. The first-order valence-corrected chi connectivity index (χ1v) is 42.0. The predicted octanol–water partition coefficient (Wildman–Crippen LogP) is 23.1. The Hall–Kier alpha value is -13.4. The summed E-state index contributed by atoms with van der Waals surface area (Å²) in [5.74, 6) is -2.41. The SMILES string of the molecule is CCCC(=O)N(C)c1ccc(-c2ccc(C(=O)CCc3ccc(C)nc3C)cc2)cc1.CCCC(=O)N(C)c1ccc(-c2ccc(C(=O)CCc3ccc(F)nc3C)cc2)cc1.CCCC(=O)N(C)c1ccc(-c2ccc(C(=O)CCc3ccc(F)nc3F)cc2)cc1.CCCC(=O)N(C)c1ccc(-c2ccc(C(=O)CCc3cccnc3C)cc2)cc1F. The van der Waals surface area contributed by atoms with Crippen LogP contribution in [-0.2, 0) is 44.9 Å². The lowest BCUT2D eigenvalue weighted by atomic mass is 9.99. The number of hydrogen-bond acceptors (Lipinski definition) is 12. The summed E-state index contributed by atoms with van der Waals surface area (Å²) in [5.41, 5.74) is 19.8. The highest BCUT2D eigenvalue weighted by Crippen LogP contribution is 2.31. The van der Waals surface area contributed by atoms with Crippen LogP contribution < -0.4 is 19.6 Å². The van der Waals surface area contributed by atoms with E-state index >= 15 is 0 Å². The molecule has 0 atom stereocenters. The molecule has 20 heteroatoms. The van der Waals surface area contributed by atoms with E-state index < -0.39 is 23.7 Å². The molecule has 0 aliphatic carbocycles. The highest BCUT2D eigenvalue weighted by atomic mass is 19.1. The number of ketones is 4. The molecule has 0 radical (unpaired) electrons. The second-order valence-electron chi connectivity index (χ2n) is 30.5. The number of nitrogens with zero attached hydrogens (tertiary/aromatic N) is 8. The van der Waals surface area contributed by atoms with Gasteiger partial charge >= 0.3 is 0 Å². The number of carbonyl (C=O) groups is 8. The molecule has 8 aromatic carbocycles. The van der Waals surface area contributed by atoms with Crippen LogP contribution in [0, 0.1) is 51.4 Å². The monoisotopic (exact) mass is 1670 g/mol. The van der Waals surface area contributed by atoms with E-state index in [2.05, 4.69) is 26.0 Å². The van der Waals surface area contributed by atoms with Crippen molar-refractivity contribution in [2.45, 2.75) is 158 Å². The van der Waals surface area contributed by atoms with Gasteiger partial charge in [-0.1, -0.05) is 185 Å². The normalized spacial score (nSPS) is 10.7. The van der Waals surface area contributed by atoms with E-state index in [4.69, 9.17) is 0 Å². The molecule has 0 N–H and O–H groups in total. The molecule has 4 amide bonds. The fourth-order valence-corrected chi connectivity index (χ4v) is 13.9. The highest BCUT2D eigenvalue weighted by molar-refractivity contribution is 6.00. The molecule has 4 heterocycles. The van der Waals surface area contributed by atoms with Crippen LogP contribution in [0.4, 0.5) is 40.3 Å². The second kappa shape index (κ2) is 46.6. The Kier molecular flexibility index (Phi) is 35.5. The zero-order chi connectivity index (χ0) is 89.5. The number of amides is 4. The number of hydrogen-bond donors (Lipinski definition) is 0. The van der Waals surface area contributed by atoms with E-state index in [1.807, 2.05) is 219 Å². The third-order valence-corrected chi connectivity index (χ3v) is 21.6. The van der Waals surface area contributed by atoms with E-state index in [-0.39, 0.29) is 70.9 Å². The minimum Gasteiger partial charge on any atom is -0.316 e. The molecule has 0 aliphatic heterocycles. The highest BCUT2D eigenvalue weighted by Gasteiger charge is 2.20. The van der Waals surface area contributed by atoms with Gasteiger partial charge < -0.3 is 19.6 Å². The van der Waals surface area contributed by atoms with E-state index in [9.17, 15) is 55.9 Å². The zero-order valence-corrected chi connectivity index (χ0v) is 72.8. The maximum atomic E-state index is 14.6. The van der Waals surface area contributed by atoms with E-state index in [0.717, 1.165) is 127 Å². The number of halogens is 4. The maximum absolute atomic E-state index is 14.6. The third-order valence-electron chi connectivity index (χ3n) is 21.6. The number of anilines is 4. The molecule has 12 rings (SSSR count). The number of carbonyl (C=O) groups excluding carboxylic acids is 8. The molecule has 4 aromatic heterocycles. The Morgan fingerprint density at radius 2 is 0.581 bits per heavy atom.